The van der Waals surface area contributed by atoms with Crippen LogP contribution in [-0.4, -0.2) is 41.2 Å². The van der Waals surface area contributed by atoms with Crippen LogP contribution in [0.2, 0.25) is 0 Å². The Kier molecular flexibility index (Phi) is 2.65. The first-order valence-corrected chi connectivity index (χ1v) is 3.77. The number of nitrogens with one attached hydrogen (secondary N) is 1. The Hall–Kier alpha value is -1.10. The van der Waals surface area contributed by atoms with Crippen LogP contribution in [0.1, 0.15) is 12.8 Å². The maximum absolute atomic E-state index is 10.5. The molecule has 0 bridgehead atoms. The summed E-state index contributed by atoms with van der Waals surface area (Å²) in [7, 11) is 0. The minimum atomic E-state index is -0.874. The van der Waals surface area contributed by atoms with E-state index in [4.69, 9.17) is 10.2 Å². The third-order valence-corrected chi connectivity index (χ3v) is 1.94. The lowest BCUT2D eigenvalue weighted by atomic mass is 9.93. The maximum Gasteiger partial charge on any atom is 0.305 e. The van der Waals surface area contributed by atoms with Crippen molar-refractivity contribution in [3.05, 3.63) is 0 Å². The molecule has 0 aromatic heterocycles. The molecule has 5 heteroatoms. The molecule has 0 radical (unpaired) electrons. The van der Waals surface area contributed by atoms with Crippen molar-refractivity contribution in [1.29, 1.82) is 0 Å². The smallest absolute Gasteiger partial charge is 0.305 e. The summed E-state index contributed by atoms with van der Waals surface area (Å²) in [6.45, 7) is 0.406. The summed E-state index contributed by atoms with van der Waals surface area (Å²) in [5.74, 6) is -0.874. The predicted molar refractivity (Wildman–Crippen MR) is 43.2 cm³/mol. The summed E-state index contributed by atoms with van der Waals surface area (Å²) in [4.78, 5) is 14.4. The quantitative estimate of drug-likeness (QED) is 0.519. The summed E-state index contributed by atoms with van der Waals surface area (Å²) in [5.41, 5.74) is -0.555. The van der Waals surface area contributed by atoms with Crippen molar-refractivity contribution in [2.45, 2.75) is 18.4 Å². The summed E-state index contributed by atoms with van der Waals surface area (Å²) in [5, 5.41) is 20.2. The van der Waals surface area contributed by atoms with Gasteiger partial charge in [-0.1, -0.05) is 0 Å². The van der Waals surface area contributed by atoms with E-state index in [1.807, 2.05) is 0 Å². The monoisotopic (exact) mass is 172 g/mol. The molecular formula is C7H12N2O3. The largest absolute Gasteiger partial charge is 0.481 e. The van der Waals surface area contributed by atoms with Crippen molar-refractivity contribution < 1.29 is 15.0 Å². The number of rotatable bonds is 4. The van der Waals surface area contributed by atoms with Crippen molar-refractivity contribution in [3.8, 4) is 0 Å². The fraction of sp³-hybridized carbons (Fsp3) is 0.714. The molecule has 1 rings (SSSR count). The highest BCUT2D eigenvalue weighted by atomic mass is 16.4. The van der Waals surface area contributed by atoms with E-state index >= 15 is 0 Å². The van der Waals surface area contributed by atoms with Crippen LogP contribution in [0.5, 0.6) is 0 Å². The minimum absolute atomic E-state index is 0.00639. The van der Waals surface area contributed by atoms with E-state index in [0.717, 1.165) is 0 Å². The van der Waals surface area contributed by atoms with Crippen molar-refractivity contribution in [1.82, 2.24) is 5.32 Å². The predicted octanol–water partition coefficient (Wildman–Crippen LogP) is -0.786. The van der Waals surface area contributed by atoms with Gasteiger partial charge in [-0.2, -0.15) is 0 Å². The summed E-state index contributed by atoms with van der Waals surface area (Å²) in [6.07, 6.45) is 1.91. The molecule has 3 N–H and O–H groups in total. The average molecular weight is 172 g/mol. The van der Waals surface area contributed by atoms with Crippen LogP contribution in [0.3, 0.4) is 0 Å². The lowest BCUT2D eigenvalue weighted by Gasteiger charge is -2.25. The van der Waals surface area contributed by atoms with Crippen molar-refractivity contribution in [3.63, 3.8) is 0 Å². The van der Waals surface area contributed by atoms with Crippen LogP contribution < -0.4 is 5.32 Å². The van der Waals surface area contributed by atoms with Gasteiger partial charge in [0.1, 0.15) is 0 Å². The van der Waals surface area contributed by atoms with Gasteiger partial charge in [0.25, 0.3) is 0 Å². The molecule has 68 valence electrons. The van der Waals surface area contributed by atoms with Gasteiger partial charge in [-0.3, -0.25) is 9.79 Å². The number of aliphatic hydroxyl groups is 1. The van der Waals surface area contributed by atoms with E-state index < -0.39 is 11.5 Å². The fourth-order valence-corrected chi connectivity index (χ4v) is 1.30. The minimum Gasteiger partial charge on any atom is -0.481 e. The van der Waals surface area contributed by atoms with E-state index in [-0.39, 0.29) is 13.0 Å². The van der Waals surface area contributed by atoms with Crippen LogP contribution in [0.4, 0.5) is 0 Å². The molecule has 0 aromatic carbocycles. The number of hydrogen-bond acceptors (Lipinski definition) is 4. The number of aliphatic hydroxyl groups excluding tert-OH is 1. The van der Waals surface area contributed by atoms with Gasteiger partial charge in [0.2, 0.25) is 0 Å². The van der Waals surface area contributed by atoms with E-state index in [1.165, 1.54) is 6.34 Å². The van der Waals surface area contributed by atoms with Gasteiger partial charge in [0, 0.05) is 6.61 Å². The number of carbonyl (C=O) groups is 1. The number of carboxylic acids is 1. The standard InChI is InChI=1S/C7H12N2O3/c10-2-1-7(3-6(11)12)4-8-5-9-7/h5,10H,1-4H2,(H,8,9)(H,11,12). The van der Waals surface area contributed by atoms with Crippen LogP contribution in [0.15, 0.2) is 4.99 Å². The number of carboxylic acid groups (broad SMARTS) is 1. The molecule has 1 aliphatic rings. The molecule has 0 saturated carbocycles. The Morgan fingerprint density at radius 3 is 2.92 bits per heavy atom. The SMILES string of the molecule is O=C(O)CC1(CCO)CN=CN1. The van der Waals surface area contributed by atoms with Crippen LogP contribution >= 0.6 is 0 Å². The van der Waals surface area contributed by atoms with Crippen molar-refractivity contribution in [2.75, 3.05) is 13.2 Å². The van der Waals surface area contributed by atoms with Gasteiger partial charge >= 0.3 is 5.97 Å². The maximum atomic E-state index is 10.5. The van der Waals surface area contributed by atoms with Crippen LogP contribution in [0.25, 0.3) is 0 Å². The van der Waals surface area contributed by atoms with Gasteiger partial charge in [-0.25, -0.2) is 0 Å². The first-order chi connectivity index (χ1) is 5.68. The zero-order valence-corrected chi connectivity index (χ0v) is 6.66. The topological polar surface area (TPSA) is 81.9 Å². The van der Waals surface area contributed by atoms with E-state index in [1.54, 1.807) is 0 Å². The average Bonchev–Trinajstić information content (AvgIpc) is 2.36. The molecule has 0 aliphatic carbocycles. The second kappa shape index (κ2) is 3.53. The molecule has 0 fully saturated rings. The van der Waals surface area contributed by atoms with E-state index in [2.05, 4.69) is 10.3 Å². The summed E-state index contributed by atoms with van der Waals surface area (Å²) >= 11 is 0. The molecule has 5 nitrogen and oxygen atoms in total. The zero-order chi connectivity index (χ0) is 9.03. The third kappa shape index (κ3) is 1.94. The highest BCUT2D eigenvalue weighted by Gasteiger charge is 2.33. The second-order valence-corrected chi connectivity index (χ2v) is 2.94. The molecule has 0 amide bonds. The lowest BCUT2D eigenvalue weighted by molar-refractivity contribution is -0.138. The molecule has 1 atom stereocenters. The molecule has 12 heavy (non-hydrogen) atoms. The lowest BCUT2D eigenvalue weighted by Crippen LogP contribution is -2.45. The van der Waals surface area contributed by atoms with Gasteiger partial charge in [-0.15, -0.1) is 0 Å². The second-order valence-electron chi connectivity index (χ2n) is 2.94. The van der Waals surface area contributed by atoms with Gasteiger partial charge in [0.05, 0.1) is 24.8 Å². The van der Waals surface area contributed by atoms with Crippen LogP contribution in [0, 0.1) is 0 Å². The molecule has 1 unspecified atom stereocenters. The molecule has 1 aliphatic heterocycles. The number of hydrogen-bond donors (Lipinski definition) is 3. The molecule has 1 heterocycles. The number of nitrogens with zero attached hydrogens (tertiary/aromatic N) is 1. The first-order valence-electron chi connectivity index (χ1n) is 3.77. The van der Waals surface area contributed by atoms with Crippen molar-refractivity contribution >= 4 is 12.3 Å². The van der Waals surface area contributed by atoms with Crippen molar-refractivity contribution in [2.24, 2.45) is 4.99 Å². The number of aliphatic imine (C=N–C) groups is 1. The Bertz CT molecular complexity index is 195. The van der Waals surface area contributed by atoms with Gasteiger partial charge in [0.15, 0.2) is 0 Å². The Morgan fingerprint density at radius 2 is 2.50 bits per heavy atom. The van der Waals surface area contributed by atoms with Gasteiger partial charge in [-0.05, 0) is 6.42 Å². The Morgan fingerprint density at radius 1 is 1.75 bits per heavy atom. The summed E-state index contributed by atoms with van der Waals surface area (Å²) < 4.78 is 0. The van der Waals surface area contributed by atoms with E-state index in [0.29, 0.717) is 13.0 Å². The normalized spacial score (nSPS) is 27.1. The Labute approximate surface area is 70.1 Å². The van der Waals surface area contributed by atoms with Gasteiger partial charge < -0.3 is 15.5 Å². The highest BCUT2D eigenvalue weighted by Crippen LogP contribution is 2.18. The molecule has 0 spiro atoms. The van der Waals surface area contributed by atoms with E-state index in [9.17, 15) is 4.79 Å². The third-order valence-electron chi connectivity index (χ3n) is 1.94. The number of aliphatic carboxylic acids is 1. The Balaban J connectivity index is 2.54. The summed E-state index contributed by atoms with van der Waals surface area (Å²) in [6, 6.07) is 0. The van der Waals surface area contributed by atoms with Crippen LogP contribution in [-0.2, 0) is 4.79 Å². The molecule has 0 saturated heterocycles. The molecular weight excluding hydrogens is 160 g/mol. The first kappa shape index (κ1) is 8.99. The fourth-order valence-electron chi connectivity index (χ4n) is 1.30. The molecule has 0 aromatic rings. The zero-order valence-electron chi connectivity index (χ0n) is 6.66. The highest BCUT2D eigenvalue weighted by molar-refractivity contribution is 5.71.